The predicted octanol–water partition coefficient (Wildman–Crippen LogP) is 3.29. The van der Waals surface area contributed by atoms with Crippen LogP contribution in [0, 0.1) is 5.82 Å². The highest BCUT2D eigenvalue weighted by molar-refractivity contribution is 5.86. The molecule has 110 valence electrons. The second-order valence-corrected chi connectivity index (χ2v) is 4.51. The summed E-state index contributed by atoms with van der Waals surface area (Å²) in [4.78, 5) is 15.5. The minimum Gasteiger partial charge on any atom is -0.496 e. The molecular weight excluding hydrogens is 271 g/mol. The number of anilines is 1. The Kier molecular flexibility index (Phi) is 4.87. The molecule has 0 spiro atoms. The van der Waals surface area contributed by atoms with E-state index in [1.165, 1.54) is 19.2 Å². The molecule has 0 fully saturated rings. The van der Waals surface area contributed by atoms with Gasteiger partial charge in [0.15, 0.2) is 5.78 Å². The van der Waals surface area contributed by atoms with Crippen LogP contribution in [0.4, 0.5) is 10.1 Å². The first-order valence-corrected chi connectivity index (χ1v) is 6.69. The number of ketones is 1. The molecule has 1 N–H and O–H groups in total. The van der Waals surface area contributed by atoms with Gasteiger partial charge in [-0.05, 0) is 18.2 Å². The second-order valence-electron chi connectivity index (χ2n) is 4.51. The van der Waals surface area contributed by atoms with Crippen LogP contribution in [0.15, 0.2) is 36.7 Å². The highest BCUT2D eigenvalue weighted by Crippen LogP contribution is 2.34. The van der Waals surface area contributed by atoms with Crippen LogP contribution in [-0.2, 0) is 4.79 Å². The van der Waals surface area contributed by atoms with Crippen molar-refractivity contribution in [2.45, 2.75) is 13.3 Å². The summed E-state index contributed by atoms with van der Waals surface area (Å²) in [7, 11) is 1.49. The SMILES string of the molecule is CCC(=O)CNc1cnccc1-c1ccc(F)cc1OC. The predicted molar refractivity (Wildman–Crippen MR) is 80.0 cm³/mol. The van der Waals surface area contributed by atoms with Gasteiger partial charge in [-0.1, -0.05) is 6.92 Å². The minimum absolute atomic E-state index is 0.107. The van der Waals surface area contributed by atoms with Crippen molar-refractivity contribution in [2.24, 2.45) is 0 Å². The van der Waals surface area contributed by atoms with E-state index in [1.807, 2.05) is 6.92 Å². The Labute approximate surface area is 123 Å². The van der Waals surface area contributed by atoms with E-state index in [2.05, 4.69) is 10.3 Å². The zero-order valence-electron chi connectivity index (χ0n) is 12.0. The summed E-state index contributed by atoms with van der Waals surface area (Å²) in [5.74, 6) is 0.183. The van der Waals surface area contributed by atoms with Gasteiger partial charge in [-0.15, -0.1) is 0 Å². The molecule has 0 radical (unpaired) electrons. The fourth-order valence-electron chi connectivity index (χ4n) is 1.98. The summed E-state index contributed by atoms with van der Waals surface area (Å²) in [6.45, 7) is 2.05. The number of pyridine rings is 1. The number of ether oxygens (including phenoxy) is 1. The Morgan fingerprint density at radius 3 is 2.86 bits per heavy atom. The standard InChI is InChI=1S/C16H17FN2O2/c1-3-12(20)9-19-15-10-18-7-6-13(15)14-5-4-11(17)8-16(14)21-2/h4-8,10,19H,3,9H2,1-2H3. The molecule has 1 aromatic heterocycles. The molecule has 1 heterocycles. The van der Waals surface area contributed by atoms with Crippen LogP contribution in [0.1, 0.15) is 13.3 Å². The number of benzene rings is 1. The lowest BCUT2D eigenvalue weighted by atomic mass is 10.0. The Morgan fingerprint density at radius 2 is 2.14 bits per heavy atom. The van der Waals surface area contributed by atoms with Crippen LogP contribution in [0.5, 0.6) is 5.75 Å². The molecule has 0 atom stereocenters. The molecule has 21 heavy (non-hydrogen) atoms. The molecule has 0 saturated heterocycles. The van der Waals surface area contributed by atoms with E-state index < -0.39 is 0 Å². The van der Waals surface area contributed by atoms with Gasteiger partial charge in [0.2, 0.25) is 0 Å². The maximum absolute atomic E-state index is 13.3. The number of rotatable bonds is 6. The van der Waals surface area contributed by atoms with Crippen molar-refractivity contribution in [3.05, 3.63) is 42.5 Å². The zero-order chi connectivity index (χ0) is 15.2. The van der Waals surface area contributed by atoms with Gasteiger partial charge in [-0.3, -0.25) is 9.78 Å². The number of hydrogen-bond acceptors (Lipinski definition) is 4. The molecule has 0 aliphatic heterocycles. The minimum atomic E-state index is -0.361. The Hall–Kier alpha value is -2.43. The largest absolute Gasteiger partial charge is 0.496 e. The summed E-state index contributed by atoms with van der Waals surface area (Å²) in [5, 5.41) is 3.07. The van der Waals surface area contributed by atoms with E-state index in [9.17, 15) is 9.18 Å². The number of aromatic nitrogens is 1. The van der Waals surface area contributed by atoms with Gasteiger partial charge < -0.3 is 10.1 Å². The summed E-state index contributed by atoms with van der Waals surface area (Å²) < 4.78 is 18.5. The van der Waals surface area contributed by atoms with Gasteiger partial charge in [0, 0.05) is 29.8 Å². The Morgan fingerprint density at radius 1 is 1.33 bits per heavy atom. The molecule has 0 amide bonds. The summed E-state index contributed by atoms with van der Waals surface area (Å²) in [5.41, 5.74) is 2.27. The fraction of sp³-hybridized carbons (Fsp3) is 0.250. The van der Waals surface area contributed by atoms with E-state index in [0.29, 0.717) is 17.9 Å². The lowest BCUT2D eigenvalue weighted by molar-refractivity contribution is -0.117. The highest BCUT2D eigenvalue weighted by Gasteiger charge is 2.12. The fourth-order valence-corrected chi connectivity index (χ4v) is 1.98. The van der Waals surface area contributed by atoms with Crippen LogP contribution in [0.25, 0.3) is 11.1 Å². The number of methoxy groups -OCH3 is 1. The summed E-state index contributed by atoms with van der Waals surface area (Å²) >= 11 is 0. The average Bonchev–Trinajstić information content (AvgIpc) is 2.52. The quantitative estimate of drug-likeness (QED) is 0.886. The molecule has 1 aromatic carbocycles. The monoisotopic (exact) mass is 288 g/mol. The lowest BCUT2D eigenvalue weighted by Crippen LogP contribution is -2.13. The van der Waals surface area contributed by atoms with Gasteiger partial charge in [0.25, 0.3) is 0 Å². The van der Waals surface area contributed by atoms with Crippen molar-refractivity contribution < 1.29 is 13.9 Å². The summed E-state index contributed by atoms with van der Waals surface area (Å²) in [6, 6.07) is 6.15. The molecule has 0 saturated carbocycles. The third-order valence-corrected chi connectivity index (χ3v) is 3.15. The second kappa shape index (κ2) is 6.83. The highest BCUT2D eigenvalue weighted by atomic mass is 19.1. The van der Waals surface area contributed by atoms with Crippen LogP contribution >= 0.6 is 0 Å². The molecule has 2 aromatic rings. The molecule has 0 unspecified atom stereocenters. The number of nitrogens with zero attached hydrogens (tertiary/aromatic N) is 1. The molecule has 0 aliphatic rings. The van der Waals surface area contributed by atoms with Gasteiger partial charge in [0.05, 0.1) is 25.5 Å². The Bertz CT molecular complexity index is 644. The van der Waals surface area contributed by atoms with Crippen molar-refractivity contribution in [1.29, 1.82) is 0 Å². The summed E-state index contributed by atoms with van der Waals surface area (Å²) in [6.07, 6.45) is 3.76. The number of carbonyl (C=O) groups is 1. The number of halogens is 1. The number of carbonyl (C=O) groups excluding carboxylic acids is 1. The molecule has 0 bridgehead atoms. The van der Waals surface area contributed by atoms with Gasteiger partial charge in [-0.25, -0.2) is 4.39 Å². The molecule has 5 heteroatoms. The third-order valence-electron chi connectivity index (χ3n) is 3.15. The van der Waals surface area contributed by atoms with E-state index >= 15 is 0 Å². The number of Topliss-reactive ketones (excluding diaryl/α,β-unsaturated/α-hetero) is 1. The van der Waals surface area contributed by atoms with Crippen LogP contribution in [-0.4, -0.2) is 24.4 Å². The van der Waals surface area contributed by atoms with Crippen molar-refractivity contribution >= 4 is 11.5 Å². The lowest BCUT2D eigenvalue weighted by Gasteiger charge is -2.13. The van der Waals surface area contributed by atoms with E-state index in [0.717, 1.165) is 11.1 Å². The van der Waals surface area contributed by atoms with Crippen molar-refractivity contribution in [3.63, 3.8) is 0 Å². The normalized spacial score (nSPS) is 10.2. The van der Waals surface area contributed by atoms with Crippen LogP contribution in [0.2, 0.25) is 0 Å². The Balaban J connectivity index is 2.38. The zero-order valence-corrected chi connectivity index (χ0v) is 12.0. The van der Waals surface area contributed by atoms with Crippen LogP contribution < -0.4 is 10.1 Å². The first-order chi connectivity index (χ1) is 10.2. The first-order valence-electron chi connectivity index (χ1n) is 6.69. The third kappa shape index (κ3) is 3.56. The average molecular weight is 288 g/mol. The topological polar surface area (TPSA) is 51.2 Å². The molecule has 0 aliphatic carbocycles. The van der Waals surface area contributed by atoms with Crippen LogP contribution in [0.3, 0.4) is 0 Å². The van der Waals surface area contributed by atoms with Gasteiger partial charge >= 0.3 is 0 Å². The smallest absolute Gasteiger partial charge is 0.151 e. The van der Waals surface area contributed by atoms with Gasteiger partial charge in [-0.2, -0.15) is 0 Å². The van der Waals surface area contributed by atoms with Gasteiger partial charge in [0.1, 0.15) is 11.6 Å². The molecule has 4 nitrogen and oxygen atoms in total. The van der Waals surface area contributed by atoms with Crippen molar-refractivity contribution in [2.75, 3.05) is 19.0 Å². The van der Waals surface area contributed by atoms with Crippen molar-refractivity contribution in [3.8, 4) is 16.9 Å². The van der Waals surface area contributed by atoms with E-state index in [1.54, 1.807) is 24.5 Å². The molecular formula is C16H17FN2O2. The van der Waals surface area contributed by atoms with E-state index in [4.69, 9.17) is 4.74 Å². The number of hydrogen-bond donors (Lipinski definition) is 1. The first kappa shape index (κ1) is 15.0. The maximum atomic E-state index is 13.3. The number of nitrogens with one attached hydrogen (secondary N) is 1. The van der Waals surface area contributed by atoms with E-state index in [-0.39, 0.29) is 18.1 Å². The maximum Gasteiger partial charge on any atom is 0.151 e. The van der Waals surface area contributed by atoms with Crippen molar-refractivity contribution in [1.82, 2.24) is 4.98 Å². The molecule has 2 rings (SSSR count).